The fraction of sp³-hybridized carbons (Fsp3) is 0. The van der Waals surface area contributed by atoms with Gasteiger partial charge in [-0.1, -0.05) is 11.6 Å². The van der Waals surface area contributed by atoms with Gasteiger partial charge in [0.05, 0.1) is 10.7 Å². The molecule has 17 heavy (non-hydrogen) atoms. The van der Waals surface area contributed by atoms with Crippen molar-refractivity contribution in [3.05, 3.63) is 44.0 Å². The number of rotatable bonds is 2. The van der Waals surface area contributed by atoms with Gasteiger partial charge in [-0.3, -0.25) is 4.79 Å². The predicted octanol–water partition coefficient (Wildman–Crippen LogP) is 4.00. The van der Waals surface area contributed by atoms with Gasteiger partial charge in [0, 0.05) is 10.2 Å². The van der Waals surface area contributed by atoms with Gasteiger partial charge in [0.25, 0.3) is 5.91 Å². The van der Waals surface area contributed by atoms with Crippen LogP contribution in [0.2, 0.25) is 5.02 Å². The third kappa shape index (κ3) is 2.80. The van der Waals surface area contributed by atoms with Gasteiger partial charge in [-0.2, -0.15) is 0 Å². The predicted molar refractivity (Wildman–Crippen MR) is 75.8 cm³/mol. The Morgan fingerprint density at radius 1 is 1.41 bits per heavy atom. The van der Waals surface area contributed by atoms with Crippen LogP contribution in [0.15, 0.2) is 34.1 Å². The van der Waals surface area contributed by atoms with Crippen LogP contribution in [0, 0.1) is 0 Å². The minimum atomic E-state index is -0.173. The summed E-state index contributed by atoms with van der Waals surface area (Å²) >= 11 is 10.5. The molecule has 1 amide bonds. The molecule has 0 bridgehead atoms. The van der Waals surface area contributed by atoms with Crippen LogP contribution in [-0.2, 0) is 0 Å². The van der Waals surface area contributed by atoms with E-state index in [1.54, 1.807) is 18.2 Å². The Hall–Kier alpha value is -1.04. The van der Waals surface area contributed by atoms with Gasteiger partial charge in [-0.15, -0.1) is 11.3 Å². The van der Waals surface area contributed by atoms with E-state index < -0.39 is 0 Å². The number of hydrogen-bond donors (Lipinski definition) is 2. The van der Waals surface area contributed by atoms with Crippen molar-refractivity contribution in [1.82, 2.24) is 0 Å². The fourth-order valence-corrected chi connectivity index (χ4v) is 2.83. The van der Waals surface area contributed by atoms with Gasteiger partial charge in [0.15, 0.2) is 0 Å². The molecule has 6 heteroatoms. The summed E-state index contributed by atoms with van der Waals surface area (Å²) in [6.45, 7) is 0. The molecule has 3 N–H and O–H groups in total. The molecule has 1 heterocycles. The maximum atomic E-state index is 11.9. The zero-order chi connectivity index (χ0) is 12.4. The van der Waals surface area contributed by atoms with Crippen molar-refractivity contribution in [2.75, 3.05) is 11.1 Å². The van der Waals surface area contributed by atoms with E-state index >= 15 is 0 Å². The van der Waals surface area contributed by atoms with Gasteiger partial charge in [-0.05, 0) is 45.6 Å². The minimum Gasteiger partial charge on any atom is -0.397 e. The monoisotopic (exact) mass is 330 g/mol. The molecule has 0 saturated heterocycles. The van der Waals surface area contributed by atoms with Crippen LogP contribution in [0.3, 0.4) is 0 Å². The number of halogens is 2. The lowest BCUT2D eigenvalue weighted by molar-refractivity contribution is 0.103. The number of nitrogens with one attached hydrogen (secondary N) is 1. The highest BCUT2D eigenvalue weighted by Gasteiger charge is 2.11. The Bertz CT molecular complexity index is 570. The van der Waals surface area contributed by atoms with E-state index in [0.717, 1.165) is 4.47 Å². The number of carbonyl (C=O) groups is 1. The van der Waals surface area contributed by atoms with Crippen molar-refractivity contribution in [2.45, 2.75) is 0 Å². The van der Waals surface area contributed by atoms with Crippen LogP contribution in [0.5, 0.6) is 0 Å². The first-order valence-electron chi connectivity index (χ1n) is 4.67. The van der Waals surface area contributed by atoms with Gasteiger partial charge < -0.3 is 11.1 Å². The van der Waals surface area contributed by atoms with Crippen LogP contribution in [-0.4, -0.2) is 5.91 Å². The Kier molecular flexibility index (Phi) is 3.71. The molecular formula is C11H8BrClN2OS. The third-order valence-electron chi connectivity index (χ3n) is 2.08. The molecule has 0 atom stereocenters. The Balaban J connectivity index is 2.19. The molecule has 1 aromatic carbocycles. The average Bonchev–Trinajstić information content (AvgIpc) is 2.70. The van der Waals surface area contributed by atoms with Crippen molar-refractivity contribution in [2.24, 2.45) is 0 Å². The van der Waals surface area contributed by atoms with Gasteiger partial charge in [-0.25, -0.2) is 0 Å². The number of thiophene rings is 1. The standard InChI is InChI=1S/C11H8BrClN2OS/c12-7-3-4-17-10(7)11(16)15-6-1-2-8(13)9(14)5-6/h1-5H,14H2,(H,15,16). The highest BCUT2D eigenvalue weighted by Crippen LogP contribution is 2.26. The number of hydrogen-bond acceptors (Lipinski definition) is 3. The number of nitrogen functional groups attached to an aromatic ring is 1. The topological polar surface area (TPSA) is 55.1 Å². The van der Waals surface area contributed by atoms with Crippen molar-refractivity contribution >= 4 is 56.1 Å². The maximum Gasteiger partial charge on any atom is 0.266 e. The lowest BCUT2D eigenvalue weighted by Crippen LogP contribution is -2.10. The number of amides is 1. The van der Waals surface area contributed by atoms with Gasteiger partial charge >= 0.3 is 0 Å². The summed E-state index contributed by atoms with van der Waals surface area (Å²) in [5.41, 5.74) is 6.72. The average molecular weight is 332 g/mol. The normalized spacial score (nSPS) is 10.2. The Morgan fingerprint density at radius 3 is 2.76 bits per heavy atom. The molecule has 0 spiro atoms. The summed E-state index contributed by atoms with van der Waals surface area (Å²) < 4.78 is 0.780. The Morgan fingerprint density at radius 2 is 2.18 bits per heavy atom. The molecule has 0 aliphatic rings. The fourth-order valence-electron chi connectivity index (χ4n) is 1.27. The minimum absolute atomic E-state index is 0.173. The largest absolute Gasteiger partial charge is 0.397 e. The second-order valence-electron chi connectivity index (χ2n) is 3.29. The summed E-state index contributed by atoms with van der Waals surface area (Å²) in [6.07, 6.45) is 0. The zero-order valence-electron chi connectivity index (χ0n) is 8.54. The molecule has 2 aromatic rings. The van der Waals surface area contributed by atoms with Crippen LogP contribution < -0.4 is 11.1 Å². The number of benzene rings is 1. The second-order valence-corrected chi connectivity index (χ2v) is 5.47. The summed E-state index contributed by atoms with van der Waals surface area (Å²) in [4.78, 5) is 12.5. The molecular weight excluding hydrogens is 324 g/mol. The maximum absolute atomic E-state index is 11.9. The molecule has 2 rings (SSSR count). The highest BCUT2D eigenvalue weighted by atomic mass is 79.9. The van der Waals surface area contributed by atoms with Crippen LogP contribution in [0.4, 0.5) is 11.4 Å². The molecule has 0 radical (unpaired) electrons. The SMILES string of the molecule is Nc1cc(NC(=O)c2sccc2Br)ccc1Cl. The van der Waals surface area contributed by atoms with Crippen LogP contribution in [0.1, 0.15) is 9.67 Å². The van der Waals surface area contributed by atoms with Crippen molar-refractivity contribution in [1.29, 1.82) is 0 Å². The molecule has 3 nitrogen and oxygen atoms in total. The first-order chi connectivity index (χ1) is 8.08. The van der Waals surface area contributed by atoms with Crippen molar-refractivity contribution < 1.29 is 4.79 Å². The van der Waals surface area contributed by atoms with E-state index in [-0.39, 0.29) is 5.91 Å². The summed E-state index contributed by atoms with van der Waals surface area (Å²) in [6, 6.07) is 6.81. The lowest BCUT2D eigenvalue weighted by atomic mass is 10.2. The zero-order valence-corrected chi connectivity index (χ0v) is 11.7. The van der Waals surface area contributed by atoms with Gasteiger partial charge in [0.1, 0.15) is 4.88 Å². The first kappa shape index (κ1) is 12.4. The summed E-state index contributed by atoms with van der Waals surface area (Å²) in [5.74, 6) is -0.173. The van der Waals surface area contributed by atoms with E-state index in [0.29, 0.717) is 21.3 Å². The molecule has 88 valence electrons. The number of anilines is 2. The molecule has 0 unspecified atom stereocenters. The lowest BCUT2D eigenvalue weighted by Gasteiger charge is -2.06. The van der Waals surface area contributed by atoms with E-state index in [4.69, 9.17) is 17.3 Å². The smallest absolute Gasteiger partial charge is 0.266 e. The van der Waals surface area contributed by atoms with Crippen LogP contribution in [0.25, 0.3) is 0 Å². The van der Waals surface area contributed by atoms with Crippen molar-refractivity contribution in [3.63, 3.8) is 0 Å². The molecule has 0 aliphatic carbocycles. The quantitative estimate of drug-likeness (QED) is 0.817. The van der Waals surface area contributed by atoms with E-state index in [9.17, 15) is 4.79 Å². The van der Waals surface area contributed by atoms with E-state index in [1.807, 2.05) is 11.4 Å². The number of nitrogens with two attached hydrogens (primary N) is 1. The van der Waals surface area contributed by atoms with Crippen LogP contribution >= 0.6 is 38.9 Å². The molecule has 1 aromatic heterocycles. The molecule has 0 fully saturated rings. The Labute approximate surface area is 116 Å². The molecule has 0 saturated carbocycles. The summed E-state index contributed by atoms with van der Waals surface area (Å²) in [5, 5.41) is 5.07. The second kappa shape index (κ2) is 5.08. The van der Waals surface area contributed by atoms with Gasteiger partial charge in [0.2, 0.25) is 0 Å². The number of carbonyl (C=O) groups excluding carboxylic acids is 1. The molecule has 0 aliphatic heterocycles. The third-order valence-corrected chi connectivity index (χ3v) is 4.26. The van der Waals surface area contributed by atoms with Crippen molar-refractivity contribution in [3.8, 4) is 0 Å². The first-order valence-corrected chi connectivity index (χ1v) is 6.72. The summed E-state index contributed by atoms with van der Waals surface area (Å²) in [7, 11) is 0. The van der Waals surface area contributed by atoms with E-state index in [2.05, 4.69) is 21.2 Å². The highest BCUT2D eigenvalue weighted by molar-refractivity contribution is 9.10. The van der Waals surface area contributed by atoms with E-state index in [1.165, 1.54) is 11.3 Å².